The molecule has 0 aliphatic carbocycles. The minimum absolute atomic E-state index is 1.03. The molecule has 0 radical (unpaired) electrons. The highest BCUT2D eigenvalue weighted by Gasteiger charge is 1.98. The number of aromatic nitrogens is 1. The molecular formula is C11H12BrN. The lowest BCUT2D eigenvalue weighted by atomic mass is 10.1. The van der Waals surface area contributed by atoms with E-state index in [0.717, 1.165) is 11.8 Å². The number of fused-ring (bicyclic) bond motifs is 1. The first-order chi connectivity index (χ1) is 6.31. The van der Waals surface area contributed by atoms with Gasteiger partial charge in [0.1, 0.15) is 0 Å². The predicted molar refractivity (Wildman–Crippen MR) is 60.4 cm³/mol. The zero-order valence-electron chi connectivity index (χ0n) is 7.63. The summed E-state index contributed by atoms with van der Waals surface area (Å²) in [5, 5.41) is 2.37. The minimum atomic E-state index is 1.03. The Morgan fingerprint density at radius 1 is 1.31 bits per heavy atom. The van der Waals surface area contributed by atoms with Crippen molar-refractivity contribution in [3.63, 3.8) is 0 Å². The van der Waals surface area contributed by atoms with Crippen LogP contribution >= 0.6 is 15.9 Å². The molecule has 0 N–H and O–H groups in total. The molecule has 2 aromatic rings. The summed E-state index contributed by atoms with van der Waals surface area (Å²) >= 11 is 3.45. The van der Waals surface area contributed by atoms with Crippen LogP contribution in [0.1, 0.15) is 5.56 Å². The molecule has 0 bridgehead atoms. The van der Waals surface area contributed by atoms with Crippen LogP contribution < -0.4 is 0 Å². The van der Waals surface area contributed by atoms with Gasteiger partial charge in [0.05, 0.1) is 0 Å². The quantitative estimate of drug-likeness (QED) is 0.708. The fraction of sp³-hybridized carbons (Fsp3) is 0.273. The van der Waals surface area contributed by atoms with Crippen molar-refractivity contribution in [2.45, 2.75) is 6.42 Å². The zero-order chi connectivity index (χ0) is 9.26. The molecule has 1 aromatic heterocycles. The zero-order valence-corrected chi connectivity index (χ0v) is 9.21. The molecule has 0 fully saturated rings. The van der Waals surface area contributed by atoms with Crippen LogP contribution in [-0.4, -0.2) is 9.90 Å². The summed E-state index contributed by atoms with van der Waals surface area (Å²) in [6.45, 7) is 0. The van der Waals surface area contributed by atoms with E-state index in [9.17, 15) is 0 Å². The summed E-state index contributed by atoms with van der Waals surface area (Å²) in [7, 11) is 2.08. The van der Waals surface area contributed by atoms with Crippen molar-refractivity contribution in [3.05, 3.63) is 36.0 Å². The normalized spacial score (nSPS) is 10.9. The number of hydrogen-bond acceptors (Lipinski definition) is 0. The third-order valence-corrected chi connectivity index (χ3v) is 2.73. The number of benzene rings is 1. The fourth-order valence-corrected chi connectivity index (χ4v) is 2.05. The number of nitrogens with zero attached hydrogens (tertiary/aromatic N) is 1. The van der Waals surface area contributed by atoms with Gasteiger partial charge in [0.15, 0.2) is 0 Å². The van der Waals surface area contributed by atoms with Gasteiger partial charge in [0.25, 0.3) is 0 Å². The lowest BCUT2D eigenvalue weighted by Crippen LogP contribution is -1.87. The summed E-state index contributed by atoms with van der Waals surface area (Å²) in [6, 6.07) is 8.81. The fourth-order valence-electron chi connectivity index (χ4n) is 1.60. The Balaban J connectivity index is 2.50. The van der Waals surface area contributed by atoms with Crippen LogP contribution in [-0.2, 0) is 13.5 Å². The first-order valence-corrected chi connectivity index (χ1v) is 5.53. The van der Waals surface area contributed by atoms with E-state index in [4.69, 9.17) is 0 Å². The van der Waals surface area contributed by atoms with Gasteiger partial charge >= 0.3 is 0 Å². The molecule has 0 aliphatic rings. The molecule has 1 heterocycles. The SMILES string of the molecule is Cn1ccc2cc(CCBr)ccc21. The Labute approximate surface area is 86.5 Å². The highest BCUT2D eigenvalue weighted by molar-refractivity contribution is 9.09. The van der Waals surface area contributed by atoms with Crippen molar-refractivity contribution in [1.29, 1.82) is 0 Å². The molecule has 0 amide bonds. The first-order valence-electron chi connectivity index (χ1n) is 4.41. The van der Waals surface area contributed by atoms with Crippen molar-refractivity contribution in [3.8, 4) is 0 Å². The van der Waals surface area contributed by atoms with Crippen LogP contribution in [0.25, 0.3) is 10.9 Å². The molecule has 0 spiro atoms. The number of hydrogen-bond donors (Lipinski definition) is 0. The van der Waals surface area contributed by atoms with E-state index < -0.39 is 0 Å². The van der Waals surface area contributed by atoms with E-state index in [1.54, 1.807) is 0 Å². The Morgan fingerprint density at radius 3 is 2.92 bits per heavy atom. The maximum absolute atomic E-state index is 3.45. The van der Waals surface area contributed by atoms with Gasteiger partial charge in [-0.25, -0.2) is 0 Å². The van der Waals surface area contributed by atoms with E-state index in [0.29, 0.717) is 0 Å². The van der Waals surface area contributed by atoms with Gasteiger partial charge in [-0.05, 0) is 35.6 Å². The molecule has 0 unspecified atom stereocenters. The Bertz CT molecular complexity index is 417. The van der Waals surface area contributed by atoms with Gasteiger partial charge in [-0.3, -0.25) is 0 Å². The van der Waals surface area contributed by atoms with Crippen LogP contribution in [0.3, 0.4) is 0 Å². The van der Waals surface area contributed by atoms with Crippen LogP contribution in [0.2, 0.25) is 0 Å². The number of alkyl halides is 1. The number of halogens is 1. The van der Waals surface area contributed by atoms with Gasteiger partial charge in [0.2, 0.25) is 0 Å². The molecule has 0 aliphatic heterocycles. The molecule has 13 heavy (non-hydrogen) atoms. The standard InChI is InChI=1S/C11H12BrN/c1-13-7-5-10-8-9(4-6-12)2-3-11(10)13/h2-3,5,7-8H,4,6H2,1H3. The Hall–Kier alpha value is -0.760. The van der Waals surface area contributed by atoms with Crippen molar-refractivity contribution in [2.75, 3.05) is 5.33 Å². The molecular weight excluding hydrogens is 226 g/mol. The minimum Gasteiger partial charge on any atom is -0.351 e. The third kappa shape index (κ3) is 1.63. The number of rotatable bonds is 2. The highest BCUT2D eigenvalue weighted by atomic mass is 79.9. The molecule has 0 atom stereocenters. The van der Waals surface area contributed by atoms with Crippen LogP contribution in [0, 0.1) is 0 Å². The molecule has 1 nitrogen and oxygen atoms in total. The summed E-state index contributed by atoms with van der Waals surface area (Å²) in [6.07, 6.45) is 3.20. The largest absolute Gasteiger partial charge is 0.351 e. The molecule has 0 saturated heterocycles. The lowest BCUT2D eigenvalue weighted by Gasteiger charge is -1.99. The summed E-state index contributed by atoms with van der Waals surface area (Å²) < 4.78 is 2.15. The summed E-state index contributed by atoms with van der Waals surface area (Å²) in [5.74, 6) is 0. The van der Waals surface area contributed by atoms with Gasteiger partial charge in [-0.15, -0.1) is 0 Å². The average Bonchev–Trinajstić information content (AvgIpc) is 2.48. The van der Waals surface area contributed by atoms with Crippen molar-refractivity contribution < 1.29 is 0 Å². The molecule has 1 aromatic carbocycles. The van der Waals surface area contributed by atoms with Gasteiger partial charge in [0, 0.05) is 24.1 Å². The summed E-state index contributed by atoms with van der Waals surface area (Å²) in [5.41, 5.74) is 2.70. The lowest BCUT2D eigenvalue weighted by molar-refractivity contribution is 0.969. The number of aryl methyl sites for hydroxylation is 2. The smallest absolute Gasteiger partial charge is 0.0477 e. The predicted octanol–water partition coefficient (Wildman–Crippen LogP) is 3.12. The third-order valence-electron chi connectivity index (χ3n) is 2.33. The van der Waals surface area contributed by atoms with Crippen molar-refractivity contribution >= 4 is 26.8 Å². The van der Waals surface area contributed by atoms with Gasteiger partial charge in [-0.1, -0.05) is 22.0 Å². The van der Waals surface area contributed by atoms with Crippen LogP contribution in [0.5, 0.6) is 0 Å². The maximum Gasteiger partial charge on any atom is 0.0477 e. The first kappa shape index (κ1) is 8.82. The second-order valence-corrected chi connectivity index (χ2v) is 4.05. The van der Waals surface area contributed by atoms with E-state index in [-0.39, 0.29) is 0 Å². The molecule has 2 rings (SSSR count). The van der Waals surface area contributed by atoms with Crippen LogP contribution in [0.15, 0.2) is 30.5 Å². The molecule has 68 valence electrons. The second kappa shape index (κ2) is 3.54. The van der Waals surface area contributed by atoms with Crippen LogP contribution in [0.4, 0.5) is 0 Å². The van der Waals surface area contributed by atoms with E-state index in [2.05, 4.69) is 58.0 Å². The maximum atomic E-state index is 3.45. The van der Waals surface area contributed by atoms with E-state index in [1.165, 1.54) is 16.5 Å². The van der Waals surface area contributed by atoms with E-state index in [1.807, 2.05) is 0 Å². The van der Waals surface area contributed by atoms with Crippen molar-refractivity contribution in [2.24, 2.45) is 7.05 Å². The summed E-state index contributed by atoms with van der Waals surface area (Å²) in [4.78, 5) is 0. The second-order valence-electron chi connectivity index (χ2n) is 3.26. The topological polar surface area (TPSA) is 4.93 Å². The monoisotopic (exact) mass is 237 g/mol. The van der Waals surface area contributed by atoms with Gasteiger partial charge in [-0.2, -0.15) is 0 Å². The van der Waals surface area contributed by atoms with Crippen molar-refractivity contribution in [1.82, 2.24) is 4.57 Å². The highest BCUT2D eigenvalue weighted by Crippen LogP contribution is 2.17. The van der Waals surface area contributed by atoms with Gasteiger partial charge < -0.3 is 4.57 Å². The molecule has 0 saturated carbocycles. The average molecular weight is 238 g/mol. The Kier molecular flexibility index (Phi) is 2.40. The molecule has 2 heteroatoms. The van der Waals surface area contributed by atoms with E-state index >= 15 is 0 Å². The Morgan fingerprint density at radius 2 is 2.15 bits per heavy atom.